The molecule has 0 aliphatic rings. The number of amides is 1. The van der Waals surface area contributed by atoms with Gasteiger partial charge in [-0.25, -0.2) is 9.59 Å². The predicted octanol–water partition coefficient (Wildman–Crippen LogP) is 4.39. The van der Waals surface area contributed by atoms with Crippen molar-refractivity contribution in [1.82, 2.24) is 5.32 Å². The Morgan fingerprint density at radius 3 is 2.30 bits per heavy atom. The molecule has 0 spiro atoms. The smallest absolute Gasteiger partial charge is 0.408 e. The number of ether oxygens (including phenoxy) is 3. The molecule has 0 fully saturated rings. The van der Waals surface area contributed by atoms with Gasteiger partial charge in [-0.2, -0.15) is 0 Å². The summed E-state index contributed by atoms with van der Waals surface area (Å²) in [5, 5.41) is 2.50. The maximum absolute atomic E-state index is 12.4. The molecular weight excluding hydrogens is 346 g/mol. The van der Waals surface area contributed by atoms with Crippen molar-refractivity contribution in [1.29, 1.82) is 0 Å². The molecule has 0 aromatic heterocycles. The summed E-state index contributed by atoms with van der Waals surface area (Å²) in [6.45, 7) is 11.3. The second-order valence-electron chi connectivity index (χ2n) is 7.57. The van der Waals surface area contributed by atoms with Crippen LogP contribution < -0.4 is 5.32 Å². The van der Waals surface area contributed by atoms with Gasteiger partial charge < -0.3 is 19.5 Å². The van der Waals surface area contributed by atoms with E-state index >= 15 is 0 Å². The molecule has 0 bridgehead atoms. The maximum atomic E-state index is 12.4. The number of nitrogens with one attached hydrogen (secondary N) is 1. The average Bonchev–Trinajstić information content (AvgIpc) is 2.57. The first-order valence-electron chi connectivity index (χ1n) is 9.50. The summed E-state index contributed by atoms with van der Waals surface area (Å²) >= 11 is 0. The first-order chi connectivity index (χ1) is 12.6. The van der Waals surface area contributed by atoms with Crippen molar-refractivity contribution in [3.63, 3.8) is 0 Å². The van der Waals surface area contributed by atoms with E-state index in [1.54, 1.807) is 34.6 Å². The first-order valence-corrected chi connectivity index (χ1v) is 9.50. The molecule has 1 aromatic carbocycles. The highest BCUT2D eigenvalue weighted by molar-refractivity contribution is 5.81. The van der Waals surface area contributed by atoms with Gasteiger partial charge in [-0.05, 0) is 46.6 Å². The summed E-state index contributed by atoms with van der Waals surface area (Å²) in [5.74, 6) is -0.534. The first kappa shape index (κ1) is 23.0. The van der Waals surface area contributed by atoms with E-state index in [1.165, 1.54) is 0 Å². The van der Waals surface area contributed by atoms with Crippen molar-refractivity contribution < 1.29 is 23.8 Å². The Labute approximate surface area is 162 Å². The van der Waals surface area contributed by atoms with Crippen LogP contribution in [-0.4, -0.2) is 36.4 Å². The van der Waals surface area contributed by atoms with E-state index in [0.717, 1.165) is 18.4 Å². The second-order valence-corrected chi connectivity index (χ2v) is 7.57. The van der Waals surface area contributed by atoms with E-state index in [1.807, 2.05) is 30.3 Å². The molecule has 6 heteroatoms. The van der Waals surface area contributed by atoms with Crippen molar-refractivity contribution >= 4 is 12.1 Å². The summed E-state index contributed by atoms with van der Waals surface area (Å²) < 4.78 is 16.7. The fourth-order valence-corrected chi connectivity index (χ4v) is 2.39. The van der Waals surface area contributed by atoms with Crippen LogP contribution >= 0.6 is 0 Å². The molecule has 0 radical (unpaired) electrons. The summed E-state index contributed by atoms with van der Waals surface area (Å²) in [6, 6.07) is 8.84. The zero-order chi connectivity index (χ0) is 20.4. The lowest BCUT2D eigenvalue weighted by molar-refractivity contribution is -0.158. The Balaban J connectivity index is 2.68. The SMILES string of the molecule is CCCCO[C@@H](c1ccccc1)[C@H](C)OC(=O)[C@H](C)NC(=O)OC(C)(C)C. The maximum Gasteiger partial charge on any atom is 0.408 e. The van der Waals surface area contributed by atoms with Crippen LogP contribution in [-0.2, 0) is 19.0 Å². The van der Waals surface area contributed by atoms with Crippen molar-refractivity contribution in [3.8, 4) is 0 Å². The molecule has 1 aromatic rings. The third kappa shape index (κ3) is 8.91. The molecule has 3 atom stereocenters. The van der Waals surface area contributed by atoms with Gasteiger partial charge in [-0.15, -0.1) is 0 Å². The number of carbonyl (C=O) groups is 2. The Hall–Kier alpha value is -2.08. The van der Waals surface area contributed by atoms with E-state index in [-0.39, 0.29) is 6.10 Å². The zero-order valence-electron chi connectivity index (χ0n) is 17.3. The van der Waals surface area contributed by atoms with Crippen LogP contribution in [0.5, 0.6) is 0 Å². The van der Waals surface area contributed by atoms with Crippen LogP contribution in [0.3, 0.4) is 0 Å². The Kier molecular flexibility index (Phi) is 9.29. The van der Waals surface area contributed by atoms with Crippen LogP contribution in [0.4, 0.5) is 4.79 Å². The number of esters is 1. The van der Waals surface area contributed by atoms with Gasteiger partial charge in [0.25, 0.3) is 0 Å². The highest BCUT2D eigenvalue weighted by atomic mass is 16.6. The van der Waals surface area contributed by atoms with Gasteiger partial charge in [0.05, 0.1) is 0 Å². The van der Waals surface area contributed by atoms with E-state index in [9.17, 15) is 9.59 Å². The minimum absolute atomic E-state index is 0.365. The highest BCUT2D eigenvalue weighted by Crippen LogP contribution is 2.24. The molecule has 152 valence electrons. The van der Waals surface area contributed by atoms with Gasteiger partial charge in [-0.3, -0.25) is 0 Å². The molecule has 1 N–H and O–H groups in total. The number of alkyl carbamates (subject to hydrolysis) is 1. The lowest BCUT2D eigenvalue weighted by atomic mass is 10.1. The molecule has 0 aliphatic carbocycles. The monoisotopic (exact) mass is 379 g/mol. The molecule has 6 nitrogen and oxygen atoms in total. The number of rotatable bonds is 9. The van der Waals surface area contributed by atoms with Gasteiger partial charge in [0, 0.05) is 6.61 Å². The lowest BCUT2D eigenvalue weighted by Gasteiger charge is -2.26. The van der Waals surface area contributed by atoms with Gasteiger partial charge in [0.1, 0.15) is 23.9 Å². The number of carbonyl (C=O) groups excluding carboxylic acids is 2. The van der Waals surface area contributed by atoms with E-state index in [2.05, 4.69) is 12.2 Å². The summed E-state index contributed by atoms with van der Waals surface area (Å²) in [4.78, 5) is 24.2. The van der Waals surface area contributed by atoms with Crippen molar-refractivity contribution in [2.45, 2.75) is 78.2 Å². The van der Waals surface area contributed by atoms with Crippen molar-refractivity contribution in [3.05, 3.63) is 35.9 Å². The molecule has 27 heavy (non-hydrogen) atoms. The average molecular weight is 379 g/mol. The Bertz CT molecular complexity index is 582. The van der Waals surface area contributed by atoms with Gasteiger partial charge in [-0.1, -0.05) is 43.7 Å². The van der Waals surface area contributed by atoms with Crippen LogP contribution in [0, 0.1) is 0 Å². The molecule has 1 rings (SSSR count). The minimum atomic E-state index is -0.825. The fraction of sp³-hybridized carbons (Fsp3) is 0.619. The third-order valence-corrected chi connectivity index (χ3v) is 3.74. The van der Waals surface area contributed by atoms with Crippen molar-refractivity contribution in [2.24, 2.45) is 0 Å². The van der Waals surface area contributed by atoms with Gasteiger partial charge >= 0.3 is 12.1 Å². The molecule has 0 saturated heterocycles. The number of unbranched alkanes of at least 4 members (excludes halogenated alkanes) is 1. The fourth-order valence-electron chi connectivity index (χ4n) is 2.39. The van der Waals surface area contributed by atoms with E-state index in [4.69, 9.17) is 14.2 Å². The van der Waals surface area contributed by atoms with Crippen LogP contribution in [0.25, 0.3) is 0 Å². The molecule has 0 aliphatic heterocycles. The molecule has 1 amide bonds. The van der Waals surface area contributed by atoms with Gasteiger partial charge in [0.2, 0.25) is 0 Å². The molecule has 0 heterocycles. The van der Waals surface area contributed by atoms with E-state index in [0.29, 0.717) is 6.61 Å². The van der Waals surface area contributed by atoms with Crippen LogP contribution in [0.1, 0.15) is 66.1 Å². The minimum Gasteiger partial charge on any atom is -0.458 e. The largest absolute Gasteiger partial charge is 0.458 e. The summed E-state index contributed by atoms with van der Waals surface area (Å²) in [5.41, 5.74) is 0.314. The predicted molar refractivity (Wildman–Crippen MR) is 104 cm³/mol. The quantitative estimate of drug-likeness (QED) is 0.509. The standard InChI is InChI=1S/C21H33NO5/c1-7-8-14-25-18(17-12-10-9-11-13-17)16(3)26-19(23)15(2)22-20(24)27-21(4,5)6/h9-13,15-16,18H,7-8,14H2,1-6H3,(H,22,24)/t15-,16-,18+/m0/s1. The van der Waals surface area contributed by atoms with Gasteiger partial charge in [0.15, 0.2) is 0 Å². The van der Waals surface area contributed by atoms with E-state index < -0.39 is 29.8 Å². The normalized spacial score (nSPS) is 14.7. The molecule has 0 unspecified atom stereocenters. The lowest BCUT2D eigenvalue weighted by Crippen LogP contribution is -2.43. The Morgan fingerprint density at radius 2 is 1.74 bits per heavy atom. The summed E-state index contributed by atoms with van der Waals surface area (Å²) in [6.07, 6.45) is 0.432. The van der Waals surface area contributed by atoms with Crippen LogP contribution in [0.15, 0.2) is 30.3 Å². The van der Waals surface area contributed by atoms with Crippen molar-refractivity contribution in [2.75, 3.05) is 6.61 Å². The molecule has 0 saturated carbocycles. The number of hydrogen-bond donors (Lipinski definition) is 1. The third-order valence-electron chi connectivity index (χ3n) is 3.74. The highest BCUT2D eigenvalue weighted by Gasteiger charge is 2.27. The topological polar surface area (TPSA) is 73.9 Å². The zero-order valence-corrected chi connectivity index (χ0v) is 17.3. The Morgan fingerprint density at radius 1 is 1.11 bits per heavy atom. The molecular formula is C21H33NO5. The summed E-state index contributed by atoms with van der Waals surface area (Å²) in [7, 11) is 0. The number of benzene rings is 1. The number of hydrogen-bond acceptors (Lipinski definition) is 5. The van der Waals surface area contributed by atoms with Crippen LogP contribution in [0.2, 0.25) is 0 Å². The second kappa shape index (κ2) is 10.9.